The molecule has 2 aliphatic rings. The predicted octanol–water partition coefficient (Wildman–Crippen LogP) is 0.304. The van der Waals surface area contributed by atoms with Gasteiger partial charge in [-0.05, 0) is 0 Å². The third-order valence-corrected chi connectivity index (χ3v) is 5.26. The van der Waals surface area contributed by atoms with Crippen molar-refractivity contribution in [3.05, 3.63) is 30.3 Å². The van der Waals surface area contributed by atoms with Gasteiger partial charge in [-0.1, -0.05) is 0 Å². The third kappa shape index (κ3) is 1.88. The Kier molecular flexibility index (Phi) is 2.72. The number of hydrogen-bond donors (Lipinski definition) is 0. The van der Waals surface area contributed by atoms with Crippen LogP contribution in [0.5, 0.6) is 0 Å². The van der Waals surface area contributed by atoms with E-state index in [1.807, 2.05) is 18.2 Å². The molecule has 16 heavy (non-hydrogen) atoms. The molecule has 3 rings (SSSR count). The van der Waals surface area contributed by atoms with E-state index in [9.17, 15) is 4.79 Å². The summed E-state index contributed by atoms with van der Waals surface area (Å²) in [6.45, 7) is 0.449. The number of rotatable bonds is 2. The van der Waals surface area contributed by atoms with Gasteiger partial charge in [0.15, 0.2) is 0 Å². The van der Waals surface area contributed by atoms with Gasteiger partial charge < -0.3 is 0 Å². The number of fused-ring (bicyclic) bond motifs is 1. The van der Waals surface area contributed by atoms with Gasteiger partial charge >= 0.3 is 100 Å². The van der Waals surface area contributed by atoms with Crippen LogP contribution in [0.1, 0.15) is 6.42 Å². The van der Waals surface area contributed by atoms with Crippen molar-refractivity contribution < 1.29 is 14.3 Å². The van der Waals surface area contributed by atoms with Crippen molar-refractivity contribution >= 4 is 25.4 Å². The second-order valence-electron chi connectivity index (χ2n) is 4.01. The van der Waals surface area contributed by atoms with E-state index in [1.54, 1.807) is 0 Å². The van der Waals surface area contributed by atoms with Crippen LogP contribution < -0.4 is 4.46 Å². The second kappa shape index (κ2) is 4.21. The van der Waals surface area contributed by atoms with Crippen LogP contribution in [0.3, 0.4) is 0 Å². The topological polar surface area (TPSA) is 35.5 Å². The van der Waals surface area contributed by atoms with Crippen LogP contribution in [0, 0.1) is 5.92 Å². The van der Waals surface area contributed by atoms with E-state index in [-0.39, 0.29) is 23.0 Å². The summed E-state index contributed by atoms with van der Waals surface area (Å²) in [5.74, 6) is -0.0769. The number of cyclic esters (lactones) is 1. The van der Waals surface area contributed by atoms with Crippen LogP contribution in [0.2, 0.25) is 0 Å². The molecule has 2 aliphatic heterocycles. The Morgan fingerprint density at radius 1 is 1.25 bits per heavy atom. The van der Waals surface area contributed by atoms with Gasteiger partial charge in [0.25, 0.3) is 0 Å². The molecule has 0 N–H and O–H groups in total. The van der Waals surface area contributed by atoms with Gasteiger partial charge in [-0.2, -0.15) is 0 Å². The molecule has 2 saturated heterocycles. The summed E-state index contributed by atoms with van der Waals surface area (Å²) in [4.78, 5) is 11.4. The van der Waals surface area contributed by atoms with E-state index in [1.165, 1.54) is 4.46 Å². The second-order valence-corrected chi connectivity index (χ2v) is 6.59. The molecule has 3 nitrogen and oxygen atoms in total. The zero-order chi connectivity index (χ0) is 11.0. The Morgan fingerprint density at radius 3 is 2.81 bits per heavy atom. The fourth-order valence-electron chi connectivity index (χ4n) is 2.11. The Balaban J connectivity index is 1.65. The van der Waals surface area contributed by atoms with Crippen LogP contribution >= 0.6 is 0 Å². The molecule has 0 spiro atoms. The predicted molar refractivity (Wildman–Crippen MR) is 59.6 cm³/mol. The molecule has 3 atom stereocenters. The molecule has 0 amide bonds. The summed E-state index contributed by atoms with van der Waals surface area (Å²) in [6, 6.07) is 10.3. The van der Waals surface area contributed by atoms with Crippen molar-refractivity contribution in [2.24, 2.45) is 5.92 Å². The van der Waals surface area contributed by atoms with Crippen molar-refractivity contribution in [1.29, 1.82) is 0 Å². The monoisotopic (exact) mass is 284 g/mol. The van der Waals surface area contributed by atoms with Gasteiger partial charge in [-0.25, -0.2) is 0 Å². The molecule has 84 valence electrons. The summed E-state index contributed by atoms with van der Waals surface area (Å²) in [6.07, 6.45) is 0.848. The minimum absolute atomic E-state index is 0.00409. The van der Waals surface area contributed by atoms with Crippen LogP contribution in [-0.2, 0) is 14.3 Å². The zero-order valence-corrected chi connectivity index (χ0v) is 10.4. The number of benzene rings is 1. The van der Waals surface area contributed by atoms with E-state index < -0.39 is 0 Å². The molecule has 0 unspecified atom stereocenters. The molecule has 0 radical (unpaired) electrons. The summed E-state index contributed by atoms with van der Waals surface area (Å²) >= 11 is 0.297. The molecule has 2 heterocycles. The Morgan fingerprint density at radius 2 is 2.06 bits per heavy atom. The van der Waals surface area contributed by atoms with Crippen molar-refractivity contribution in [3.63, 3.8) is 0 Å². The third-order valence-electron chi connectivity index (χ3n) is 2.93. The van der Waals surface area contributed by atoms with Crippen molar-refractivity contribution in [3.8, 4) is 0 Å². The van der Waals surface area contributed by atoms with Crippen LogP contribution in [0.4, 0.5) is 0 Å². The molecule has 0 saturated carbocycles. The average molecular weight is 283 g/mol. The van der Waals surface area contributed by atoms with E-state index in [0.717, 1.165) is 6.42 Å². The Bertz CT molecular complexity index is 393. The van der Waals surface area contributed by atoms with Crippen molar-refractivity contribution in [1.82, 2.24) is 0 Å². The van der Waals surface area contributed by atoms with Crippen LogP contribution in [-0.4, -0.2) is 38.6 Å². The van der Waals surface area contributed by atoms with Gasteiger partial charge in [-0.3, -0.25) is 0 Å². The molecule has 2 fully saturated rings. The fraction of sp³-hybridized carbons (Fsp3) is 0.417. The van der Waals surface area contributed by atoms with Crippen molar-refractivity contribution in [2.45, 2.75) is 17.5 Å². The minimum atomic E-state index is -0.0728. The maximum absolute atomic E-state index is 11.4. The molecule has 1 aromatic rings. The summed E-state index contributed by atoms with van der Waals surface area (Å²) in [7, 11) is 0. The van der Waals surface area contributed by atoms with E-state index in [2.05, 4.69) is 12.1 Å². The van der Waals surface area contributed by atoms with E-state index in [0.29, 0.717) is 21.6 Å². The number of carbonyl (C=O) groups excluding carboxylic acids is 1. The van der Waals surface area contributed by atoms with Gasteiger partial charge in [0, 0.05) is 0 Å². The number of ether oxygens (including phenoxy) is 2. The maximum atomic E-state index is 11.4. The first-order chi connectivity index (χ1) is 7.83. The van der Waals surface area contributed by atoms with Gasteiger partial charge in [0.1, 0.15) is 0 Å². The van der Waals surface area contributed by atoms with Crippen molar-refractivity contribution in [2.75, 3.05) is 6.61 Å². The average Bonchev–Trinajstić information content (AvgIpc) is 2.83. The summed E-state index contributed by atoms with van der Waals surface area (Å²) < 4.78 is 12.1. The first-order valence-electron chi connectivity index (χ1n) is 5.37. The van der Waals surface area contributed by atoms with Crippen LogP contribution in [0.25, 0.3) is 0 Å². The number of carbonyl (C=O) groups is 1. The molecule has 0 bridgehead atoms. The fourth-order valence-corrected chi connectivity index (χ4v) is 4.46. The number of esters is 1. The summed E-state index contributed by atoms with van der Waals surface area (Å²) in [5, 5.41) is 0.234. The SMILES string of the molecule is O=C1OC[C@H]2O[C@H]([Se]c3ccccc3)C[C@@H]12. The molecule has 1 aromatic carbocycles. The molecule has 0 aliphatic carbocycles. The van der Waals surface area contributed by atoms with Gasteiger partial charge in [0.05, 0.1) is 0 Å². The van der Waals surface area contributed by atoms with Crippen LogP contribution in [0.15, 0.2) is 30.3 Å². The quantitative estimate of drug-likeness (QED) is 0.578. The first kappa shape index (κ1) is 10.3. The van der Waals surface area contributed by atoms with E-state index >= 15 is 0 Å². The molecule has 4 heteroatoms. The van der Waals surface area contributed by atoms with E-state index in [4.69, 9.17) is 9.47 Å². The Hall–Kier alpha value is -0.831. The number of hydrogen-bond acceptors (Lipinski definition) is 3. The molecular formula is C12H12O3Se. The van der Waals surface area contributed by atoms with Gasteiger partial charge in [-0.15, -0.1) is 0 Å². The normalized spacial score (nSPS) is 32.5. The standard InChI is InChI=1S/C12H12O3Se/c13-12-9-6-11(15-10(9)7-14-12)16-8-4-2-1-3-5-8/h1-5,9-11H,6-7H2/t9-,10-,11-/m1/s1. The summed E-state index contributed by atoms with van der Waals surface area (Å²) in [5.41, 5.74) is 0. The Labute approximate surface area is 100 Å². The van der Waals surface area contributed by atoms with Gasteiger partial charge in [0.2, 0.25) is 0 Å². The zero-order valence-electron chi connectivity index (χ0n) is 8.67. The first-order valence-corrected chi connectivity index (χ1v) is 7.21. The molecule has 0 aromatic heterocycles. The molecular weight excluding hydrogens is 271 g/mol.